The van der Waals surface area contributed by atoms with Gasteiger partial charge in [0.05, 0.1) is 11.6 Å². The molecule has 144 valence electrons. The molecule has 0 saturated carbocycles. The van der Waals surface area contributed by atoms with E-state index in [0.29, 0.717) is 13.1 Å². The van der Waals surface area contributed by atoms with Crippen LogP contribution in [0.1, 0.15) is 22.5 Å². The summed E-state index contributed by atoms with van der Waals surface area (Å²) < 4.78 is 1.81. The first kappa shape index (κ1) is 18.2. The molecule has 1 N–H and O–H groups in total. The zero-order valence-electron chi connectivity index (χ0n) is 16.6. The van der Waals surface area contributed by atoms with Gasteiger partial charge in [-0.3, -0.25) is 4.79 Å². The summed E-state index contributed by atoms with van der Waals surface area (Å²) in [6.07, 6.45) is 1.55. The fourth-order valence-corrected chi connectivity index (χ4v) is 3.56. The van der Waals surface area contributed by atoms with Crippen LogP contribution in [0, 0.1) is 33.6 Å². The number of rotatable bonds is 4. The molecule has 28 heavy (non-hydrogen) atoms. The Morgan fingerprint density at radius 2 is 1.71 bits per heavy atom. The summed E-state index contributed by atoms with van der Waals surface area (Å²) in [7, 11) is 0. The van der Waals surface area contributed by atoms with Crippen molar-refractivity contribution in [3.8, 4) is 5.82 Å². The molecule has 3 heterocycles. The molecule has 0 aliphatic carbocycles. The molecule has 7 nitrogen and oxygen atoms in total. The number of aryl methyl sites for hydroxylation is 4. The van der Waals surface area contributed by atoms with Gasteiger partial charge in [0.1, 0.15) is 12.1 Å². The van der Waals surface area contributed by atoms with Crippen molar-refractivity contribution in [2.75, 3.05) is 23.3 Å². The number of hydrogen-bond acceptors (Lipinski definition) is 5. The fraction of sp³-hybridized carbons (Fsp3) is 0.333. The third-order valence-corrected chi connectivity index (χ3v) is 5.17. The van der Waals surface area contributed by atoms with E-state index in [-0.39, 0.29) is 11.8 Å². The molecular formula is C21H24N6O. The maximum atomic E-state index is 12.6. The highest BCUT2D eigenvalue weighted by Crippen LogP contribution is 2.26. The smallest absolute Gasteiger partial charge is 0.231 e. The first-order valence-electron chi connectivity index (χ1n) is 9.40. The first-order valence-corrected chi connectivity index (χ1v) is 9.40. The summed E-state index contributed by atoms with van der Waals surface area (Å²) in [5.74, 6) is 1.56. The van der Waals surface area contributed by atoms with E-state index in [2.05, 4.69) is 25.3 Å². The van der Waals surface area contributed by atoms with Crippen molar-refractivity contribution in [3.63, 3.8) is 0 Å². The van der Waals surface area contributed by atoms with Crippen molar-refractivity contribution in [2.24, 2.45) is 5.92 Å². The maximum Gasteiger partial charge on any atom is 0.231 e. The lowest BCUT2D eigenvalue weighted by atomic mass is 9.98. The number of amides is 1. The second kappa shape index (κ2) is 7.07. The largest absolute Gasteiger partial charge is 0.355 e. The van der Waals surface area contributed by atoms with Crippen LogP contribution in [-0.2, 0) is 4.79 Å². The number of nitrogens with one attached hydrogen (secondary N) is 1. The Labute approximate surface area is 164 Å². The molecule has 0 spiro atoms. The van der Waals surface area contributed by atoms with Gasteiger partial charge in [0, 0.05) is 30.5 Å². The van der Waals surface area contributed by atoms with Crippen LogP contribution in [0.3, 0.4) is 0 Å². The van der Waals surface area contributed by atoms with Gasteiger partial charge in [-0.15, -0.1) is 0 Å². The normalized spacial score (nSPS) is 14.1. The number of benzene rings is 1. The molecule has 4 rings (SSSR count). The molecule has 1 amide bonds. The van der Waals surface area contributed by atoms with E-state index in [0.717, 1.165) is 39.8 Å². The van der Waals surface area contributed by atoms with Crippen LogP contribution in [-0.4, -0.2) is 38.7 Å². The molecule has 2 aromatic heterocycles. The van der Waals surface area contributed by atoms with Crippen molar-refractivity contribution in [3.05, 3.63) is 59.2 Å². The molecule has 1 aromatic carbocycles. The fourth-order valence-electron chi connectivity index (χ4n) is 3.56. The topological polar surface area (TPSA) is 75.9 Å². The van der Waals surface area contributed by atoms with Gasteiger partial charge in [-0.05, 0) is 44.9 Å². The number of para-hydroxylation sites is 1. The van der Waals surface area contributed by atoms with E-state index in [4.69, 9.17) is 0 Å². The summed E-state index contributed by atoms with van der Waals surface area (Å²) in [4.78, 5) is 23.4. The SMILES string of the molecule is Cc1cc(C)n(-c2cc(N3CC(C(=O)Nc4c(C)cccc4C)C3)ncn2)n1. The van der Waals surface area contributed by atoms with Crippen molar-refractivity contribution in [1.82, 2.24) is 19.7 Å². The summed E-state index contributed by atoms with van der Waals surface area (Å²) in [5, 5.41) is 7.56. The Morgan fingerprint density at radius 3 is 2.36 bits per heavy atom. The third-order valence-electron chi connectivity index (χ3n) is 5.17. The maximum absolute atomic E-state index is 12.6. The summed E-state index contributed by atoms with van der Waals surface area (Å²) in [6.45, 7) is 9.27. The van der Waals surface area contributed by atoms with Gasteiger partial charge in [0.2, 0.25) is 5.91 Å². The standard InChI is InChI=1S/C21H24N6O/c1-13-6-5-7-14(2)20(13)24-21(28)17-10-26(11-17)18-9-19(23-12-22-18)27-16(4)8-15(3)25-27/h5-9,12,17H,10-11H2,1-4H3,(H,24,28). The highest BCUT2D eigenvalue weighted by molar-refractivity contribution is 5.95. The van der Waals surface area contributed by atoms with Crippen LogP contribution >= 0.6 is 0 Å². The Kier molecular flexibility index (Phi) is 4.58. The molecule has 0 bridgehead atoms. The number of hydrogen-bond donors (Lipinski definition) is 1. The van der Waals surface area contributed by atoms with Crippen LogP contribution in [0.4, 0.5) is 11.5 Å². The number of nitrogens with zero attached hydrogens (tertiary/aromatic N) is 5. The van der Waals surface area contributed by atoms with E-state index in [9.17, 15) is 4.79 Å². The minimum absolute atomic E-state index is 0.0499. The average molecular weight is 376 g/mol. The van der Waals surface area contributed by atoms with E-state index in [1.807, 2.05) is 62.7 Å². The van der Waals surface area contributed by atoms with Gasteiger partial charge in [-0.1, -0.05) is 18.2 Å². The van der Waals surface area contributed by atoms with Crippen molar-refractivity contribution < 1.29 is 4.79 Å². The van der Waals surface area contributed by atoms with Gasteiger partial charge >= 0.3 is 0 Å². The monoisotopic (exact) mass is 376 g/mol. The number of carbonyl (C=O) groups excluding carboxylic acids is 1. The average Bonchev–Trinajstić information content (AvgIpc) is 2.96. The van der Waals surface area contributed by atoms with Crippen LogP contribution in [0.25, 0.3) is 5.82 Å². The predicted octanol–water partition coefficient (Wildman–Crippen LogP) is 2.97. The van der Waals surface area contributed by atoms with E-state index in [1.54, 1.807) is 6.33 Å². The van der Waals surface area contributed by atoms with Crippen molar-refractivity contribution >= 4 is 17.4 Å². The van der Waals surface area contributed by atoms with E-state index in [1.165, 1.54) is 0 Å². The summed E-state index contributed by atoms with van der Waals surface area (Å²) in [6, 6.07) is 9.95. The lowest BCUT2D eigenvalue weighted by Gasteiger charge is -2.39. The number of anilines is 2. The van der Waals surface area contributed by atoms with Crippen LogP contribution in [0.2, 0.25) is 0 Å². The lowest BCUT2D eigenvalue weighted by Crippen LogP contribution is -2.52. The molecule has 1 fully saturated rings. The Balaban J connectivity index is 1.43. The molecule has 1 saturated heterocycles. The Morgan fingerprint density at radius 1 is 1.04 bits per heavy atom. The highest BCUT2D eigenvalue weighted by Gasteiger charge is 2.34. The summed E-state index contributed by atoms with van der Waals surface area (Å²) >= 11 is 0. The molecule has 1 aliphatic rings. The van der Waals surface area contributed by atoms with Gasteiger partial charge in [-0.2, -0.15) is 5.10 Å². The minimum Gasteiger partial charge on any atom is -0.355 e. The third kappa shape index (κ3) is 3.35. The van der Waals surface area contributed by atoms with E-state index >= 15 is 0 Å². The van der Waals surface area contributed by atoms with Crippen LogP contribution in [0.15, 0.2) is 36.7 Å². The molecule has 0 radical (unpaired) electrons. The quantitative estimate of drug-likeness (QED) is 0.758. The van der Waals surface area contributed by atoms with Gasteiger partial charge in [0.15, 0.2) is 5.82 Å². The second-order valence-corrected chi connectivity index (χ2v) is 7.43. The molecular weight excluding hydrogens is 352 g/mol. The molecule has 7 heteroatoms. The zero-order valence-corrected chi connectivity index (χ0v) is 16.6. The Bertz CT molecular complexity index is 1010. The Hall–Kier alpha value is -3.22. The molecule has 1 aliphatic heterocycles. The number of aromatic nitrogens is 4. The van der Waals surface area contributed by atoms with Crippen molar-refractivity contribution in [2.45, 2.75) is 27.7 Å². The molecule has 0 unspecified atom stereocenters. The van der Waals surface area contributed by atoms with Crippen LogP contribution in [0.5, 0.6) is 0 Å². The van der Waals surface area contributed by atoms with Gasteiger partial charge < -0.3 is 10.2 Å². The highest BCUT2D eigenvalue weighted by atomic mass is 16.2. The number of carbonyl (C=O) groups is 1. The lowest BCUT2D eigenvalue weighted by molar-refractivity contribution is -0.120. The second-order valence-electron chi connectivity index (χ2n) is 7.43. The molecule has 3 aromatic rings. The van der Waals surface area contributed by atoms with E-state index < -0.39 is 0 Å². The minimum atomic E-state index is -0.0499. The first-order chi connectivity index (χ1) is 13.4. The summed E-state index contributed by atoms with van der Waals surface area (Å²) in [5.41, 5.74) is 5.05. The predicted molar refractivity (Wildman–Crippen MR) is 109 cm³/mol. The van der Waals surface area contributed by atoms with Crippen molar-refractivity contribution in [1.29, 1.82) is 0 Å². The van der Waals surface area contributed by atoms with Gasteiger partial charge in [-0.25, -0.2) is 14.6 Å². The van der Waals surface area contributed by atoms with Gasteiger partial charge in [0.25, 0.3) is 0 Å². The zero-order chi connectivity index (χ0) is 19.8. The van der Waals surface area contributed by atoms with Crippen LogP contribution < -0.4 is 10.2 Å². The molecule has 0 atom stereocenters.